The Labute approximate surface area is 137 Å². The van der Waals surface area contributed by atoms with Crippen LogP contribution in [0.1, 0.15) is 41.5 Å². The van der Waals surface area contributed by atoms with Crippen molar-refractivity contribution in [2.45, 2.75) is 32.6 Å². The van der Waals surface area contributed by atoms with E-state index in [2.05, 4.69) is 54.0 Å². The molecule has 0 unspecified atom stereocenters. The first-order chi connectivity index (χ1) is 11.2. The van der Waals surface area contributed by atoms with Crippen molar-refractivity contribution in [2.24, 2.45) is 5.92 Å². The Morgan fingerprint density at radius 3 is 2.48 bits per heavy atom. The first kappa shape index (κ1) is 14.5. The lowest BCUT2D eigenvalue weighted by Crippen LogP contribution is -2.37. The average molecular weight is 306 g/mol. The molecule has 0 radical (unpaired) electrons. The Bertz CT molecular complexity index is 725. The van der Waals surface area contributed by atoms with Crippen molar-refractivity contribution in [2.75, 3.05) is 6.54 Å². The molecule has 4 rings (SSSR count). The van der Waals surface area contributed by atoms with E-state index in [1.165, 1.54) is 5.56 Å². The highest BCUT2D eigenvalue weighted by Gasteiger charge is 2.49. The molecule has 3 nitrogen and oxygen atoms in total. The molecule has 2 aromatic rings. The summed E-state index contributed by atoms with van der Waals surface area (Å²) in [6.45, 7) is 6.25. The molecule has 0 aliphatic carbocycles. The van der Waals surface area contributed by atoms with Gasteiger partial charge in [-0.05, 0) is 17.5 Å². The van der Waals surface area contributed by atoms with Gasteiger partial charge >= 0.3 is 0 Å². The molecule has 0 bridgehead atoms. The lowest BCUT2D eigenvalue weighted by atomic mass is 10.0. The van der Waals surface area contributed by atoms with Crippen molar-refractivity contribution in [1.82, 2.24) is 9.80 Å². The molecule has 1 saturated heterocycles. The van der Waals surface area contributed by atoms with Crippen LogP contribution in [-0.2, 0) is 6.54 Å². The quantitative estimate of drug-likeness (QED) is 0.863. The highest BCUT2D eigenvalue weighted by molar-refractivity contribution is 5.99. The number of hydrogen-bond donors (Lipinski definition) is 0. The minimum absolute atomic E-state index is 0.0892. The summed E-state index contributed by atoms with van der Waals surface area (Å²) in [5.74, 6) is 0.649. The molecular weight excluding hydrogens is 284 g/mol. The predicted molar refractivity (Wildman–Crippen MR) is 90.8 cm³/mol. The maximum absolute atomic E-state index is 12.9. The van der Waals surface area contributed by atoms with E-state index in [0.717, 1.165) is 24.2 Å². The van der Waals surface area contributed by atoms with Crippen LogP contribution in [0.25, 0.3) is 0 Å². The second-order valence-corrected chi connectivity index (χ2v) is 6.90. The number of nitrogens with zero attached hydrogens (tertiary/aromatic N) is 2. The molecule has 2 aliphatic rings. The van der Waals surface area contributed by atoms with E-state index >= 15 is 0 Å². The zero-order valence-corrected chi connectivity index (χ0v) is 13.6. The summed E-state index contributed by atoms with van der Waals surface area (Å²) in [5, 5.41) is 0. The van der Waals surface area contributed by atoms with E-state index in [0.29, 0.717) is 5.92 Å². The van der Waals surface area contributed by atoms with Crippen LogP contribution in [0.3, 0.4) is 0 Å². The normalized spacial score (nSPS) is 23.4. The molecule has 1 fully saturated rings. The number of amides is 1. The van der Waals surface area contributed by atoms with Crippen LogP contribution in [0.4, 0.5) is 0 Å². The first-order valence-corrected chi connectivity index (χ1v) is 8.36. The molecular formula is C20H22N2O. The van der Waals surface area contributed by atoms with Crippen LogP contribution in [0.2, 0.25) is 0 Å². The van der Waals surface area contributed by atoms with Crippen molar-refractivity contribution in [3.63, 3.8) is 0 Å². The molecule has 0 aromatic heterocycles. The van der Waals surface area contributed by atoms with Gasteiger partial charge in [0.2, 0.25) is 0 Å². The standard InChI is InChI=1S/C20H22N2O/c1-14(2)18-13-21(12-15-8-4-3-5-9-15)19-16-10-6-7-11-17(16)20(23)22(18)19/h3-11,14,18-19H,12-13H2,1-2H3/t18-,19+/m0/s1. The monoisotopic (exact) mass is 306 g/mol. The van der Waals surface area contributed by atoms with Gasteiger partial charge in [-0.25, -0.2) is 0 Å². The van der Waals surface area contributed by atoms with Crippen LogP contribution >= 0.6 is 0 Å². The number of carbonyl (C=O) groups excluding carboxylic acids is 1. The Balaban J connectivity index is 1.72. The Hall–Kier alpha value is -2.13. The zero-order valence-electron chi connectivity index (χ0n) is 13.6. The highest BCUT2D eigenvalue weighted by atomic mass is 16.2. The molecule has 2 aromatic carbocycles. The number of benzene rings is 2. The summed E-state index contributed by atoms with van der Waals surface area (Å²) >= 11 is 0. The fourth-order valence-corrected chi connectivity index (χ4v) is 3.95. The van der Waals surface area contributed by atoms with Gasteiger partial charge in [0.25, 0.3) is 5.91 Å². The molecule has 0 N–H and O–H groups in total. The Morgan fingerprint density at radius 2 is 1.74 bits per heavy atom. The van der Waals surface area contributed by atoms with Crippen molar-refractivity contribution in [3.8, 4) is 0 Å². The summed E-state index contributed by atoms with van der Waals surface area (Å²) < 4.78 is 0. The van der Waals surface area contributed by atoms with Crippen LogP contribution < -0.4 is 0 Å². The summed E-state index contributed by atoms with van der Waals surface area (Å²) in [5.41, 5.74) is 3.34. The SMILES string of the molecule is CC(C)[C@@H]1CN(Cc2ccccc2)[C@H]2c3ccccc3C(=O)N21. The van der Waals surface area contributed by atoms with E-state index < -0.39 is 0 Å². The lowest BCUT2D eigenvalue weighted by Gasteiger charge is -2.27. The second kappa shape index (κ2) is 5.50. The van der Waals surface area contributed by atoms with E-state index in [9.17, 15) is 4.79 Å². The van der Waals surface area contributed by atoms with E-state index in [-0.39, 0.29) is 18.1 Å². The minimum atomic E-state index is 0.0892. The largest absolute Gasteiger partial charge is 0.314 e. The van der Waals surface area contributed by atoms with Gasteiger partial charge in [-0.1, -0.05) is 62.4 Å². The van der Waals surface area contributed by atoms with Crippen molar-refractivity contribution in [3.05, 3.63) is 71.3 Å². The van der Waals surface area contributed by atoms with Crippen molar-refractivity contribution in [1.29, 1.82) is 0 Å². The molecule has 0 saturated carbocycles. The fourth-order valence-electron chi connectivity index (χ4n) is 3.95. The molecule has 2 atom stereocenters. The van der Waals surface area contributed by atoms with E-state index in [4.69, 9.17) is 0 Å². The second-order valence-electron chi connectivity index (χ2n) is 6.90. The van der Waals surface area contributed by atoms with Gasteiger partial charge in [-0.3, -0.25) is 9.69 Å². The molecule has 0 spiro atoms. The van der Waals surface area contributed by atoms with Gasteiger partial charge in [0.05, 0.1) is 0 Å². The zero-order chi connectivity index (χ0) is 16.0. The van der Waals surface area contributed by atoms with Gasteiger partial charge in [-0.15, -0.1) is 0 Å². The third-order valence-corrected chi connectivity index (χ3v) is 5.09. The predicted octanol–water partition coefficient (Wildman–Crippen LogP) is 3.68. The topological polar surface area (TPSA) is 23.6 Å². The molecule has 118 valence electrons. The Kier molecular flexibility index (Phi) is 3.46. The maximum Gasteiger partial charge on any atom is 0.256 e. The van der Waals surface area contributed by atoms with Crippen molar-refractivity contribution >= 4 is 5.91 Å². The van der Waals surface area contributed by atoms with Gasteiger partial charge in [-0.2, -0.15) is 0 Å². The van der Waals surface area contributed by atoms with Crippen LogP contribution in [0.5, 0.6) is 0 Å². The minimum Gasteiger partial charge on any atom is -0.314 e. The highest BCUT2D eigenvalue weighted by Crippen LogP contribution is 2.44. The van der Waals surface area contributed by atoms with Crippen LogP contribution in [0, 0.1) is 5.92 Å². The van der Waals surface area contributed by atoms with Gasteiger partial charge in [0.1, 0.15) is 6.17 Å². The summed E-state index contributed by atoms with van der Waals surface area (Å²) in [7, 11) is 0. The molecule has 23 heavy (non-hydrogen) atoms. The van der Waals surface area contributed by atoms with E-state index in [1.807, 2.05) is 24.3 Å². The molecule has 3 heteroatoms. The summed E-state index contributed by atoms with van der Waals surface area (Å²) in [6.07, 6.45) is 0.0892. The van der Waals surface area contributed by atoms with Gasteiger partial charge < -0.3 is 4.90 Å². The number of rotatable bonds is 3. The maximum atomic E-state index is 12.9. The fraction of sp³-hybridized carbons (Fsp3) is 0.350. The summed E-state index contributed by atoms with van der Waals surface area (Å²) in [4.78, 5) is 17.4. The Morgan fingerprint density at radius 1 is 1.04 bits per heavy atom. The molecule has 1 amide bonds. The van der Waals surface area contributed by atoms with E-state index in [1.54, 1.807) is 0 Å². The van der Waals surface area contributed by atoms with Gasteiger partial charge in [0, 0.05) is 30.3 Å². The summed E-state index contributed by atoms with van der Waals surface area (Å²) in [6, 6.07) is 18.9. The number of fused-ring (bicyclic) bond motifs is 3. The first-order valence-electron chi connectivity index (χ1n) is 8.36. The third-order valence-electron chi connectivity index (χ3n) is 5.09. The van der Waals surface area contributed by atoms with Crippen LogP contribution in [-0.4, -0.2) is 28.3 Å². The van der Waals surface area contributed by atoms with Crippen molar-refractivity contribution < 1.29 is 4.79 Å². The average Bonchev–Trinajstić information content (AvgIpc) is 3.07. The molecule has 2 heterocycles. The third kappa shape index (κ3) is 2.27. The lowest BCUT2D eigenvalue weighted by molar-refractivity contribution is 0.0604. The van der Waals surface area contributed by atoms with Crippen LogP contribution in [0.15, 0.2) is 54.6 Å². The molecule has 2 aliphatic heterocycles. The number of carbonyl (C=O) groups is 1. The number of hydrogen-bond acceptors (Lipinski definition) is 2. The smallest absolute Gasteiger partial charge is 0.256 e. The van der Waals surface area contributed by atoms with Gasteiger partial charge in [0.15, 0.2) is 0 Å².